The lowest BCUT2D eigenvalue weighted by atomic mass is 9.93. The molecular formula is C19H13ClN2O3S. The van der Waals surface area contributed by atoms with Crippen LogP contribution in [-0.2, 0) is 11.3 Å². The molecule has 5 nitrogen and oxygen atoms in total. The van der Waals surface area contributed by atoms with Crippen LogP contribution in [0.1, 0.15) is 22.1 Å². The second-order valence-corrected chi connectivity index (χ2v) is 7.89. The van der Waals surface area contributed by atoms with Gasteiger partial charge < -0.3 is 14.4 Å². The van der Waals surface area contributed by atoms with E-state index in [1.807, 2.05) is 30.3 Å². The van der Waals surface area contributed by atoms with Crippen LogP contribution in [0.25, 0.3) is 0 Å². The maximum absolute atomic E-state index is 13.3. The molecule has 0 aliphatic carbocycles. The molecule has 1 amide bonds. The second kappa shape index (κ2) is 5.72. The summed E-state index contributed by atoms with van der Waals surface area (Å²) in [4.78, 5) is 20.6. The van der Waals surface area contributed by atoms with Crippen molar-refractivity contribution < 1.29 is 14.3 Å². The van der Waals surface area contributed by atoms with Crippen LogP contribution in [0, 0.1) is 0 Å². The molecule has 0 N–H and O–H groups in total. The van der Waals surface area contributed by atoms with Crippen LogP contribution in [-0.4, -0.2) is 18.0 Å². The SMILES string of the molecule is COc1ccc2c(n1)C1C(=O)N(Cc3ccc(Cl)s3)c3cccc(c31)O2. The summed E-state index contributed by atoms with van der Waals surface area (Å²) >= 11 is 7.52. The highest BCUT2D eigenvalue weighted by atomic mass is 35.5. The highest BCUT2D eigenvalue weighted by Crippen LogP contribution is 2.53. The Kier molecular flexibility index (Phi) is 3.45. The zero-order chi connectivity index (χ0) is 17.8. The molecule has 0 saturated heterocycles. The van der Waals surface area contributed by atoms with Crippen LogP contribution < -0.4 is 14.4 Å². The van der Waals surface area contributed by atoms with Crippen molar-refractivity contribution in [3.8, 4) is 17.4 Å². The fraction of sp³-hybridized carbons (Fsp3) is 0.158. The van der Waals surface area contributed by atoms with E-state index in [0.717, 1.165) is 16.1 Å². The molecule has 0 radical (unpaired) electrons. The topological polar surface area (TPSA) is 51.7 Å². The second-order valence-electron chi connectivity index (χ2n) is 6.09. The number of ether oxygens (including phenoxy) is 2. The minimum absolute atomic E-state index is 0.0118. The minimum Gasteiger partial charge on any atom is -0.481 e. The smallest absolute Gasteiger partial charge is 0.241 e. The Bertz CT molecular complexity index is 1050. The molecule has 26 heavy (non-hydrogen) atoms. The third-order valence-electron chi connectivity index (χ3n) is 4.64. The van der Waals surface area contributed by atoms with Gasteiger partial charge in [-0.15, -0.1) is 11.3 Å². The van der Waals surface area contributed by atoms with Crippen molar-refractivity contribution in [2.75, 3.05) is 12.0 Å². The van der Waals surface area contributed by atoms with Crippen molar-refractivity contribution in [1.82, 2.24) is 4.98 Å². The molecule has 2 aromatic heterocycles. The third-order valence-corrected chi connectivity index (χ3v) is 5.86. The molecule has 2 aliphatic heterocycles. The number of halogens is 1. The molecule has 0 saturated carbocycles. The predicted octanol–water partition coefficient (Wildman–Crippen LogP) is 4.59. The zero-order valence-electron chi connectivity index (χ0n) is 13.7. The number of carbonyl (C=O) groups is 1. The van der Waals surface area contributed by atoms with Gasteiger partial charge in [-0.3, -0.25) is 4.79 Å². The predicted molar refractivity (Wildman–Crippen MR) is 99.7 cm³/mol. The van der Waals surface area contributed by atoms with E-state index < -0.39 is 5.92 Å². The fourth-order valence-electron chi connectivity index (χ4n) is 3.52. The maximum atomic E-state index is 13.3. The van der Waals surface area contributed by atoms with Gasteiger partial charge in [-0.1, -0.05) is 17.7 Å². The highest BCUT2D eigenvalue weighted by molar-refractivity contribution is 7.16. The summed E-state index contributed by atoms with van der Waals surface area (Å²) in [6, 6.07) is 13.1. The van der Waals surface area contributed by atoms with Gasteiger partial charge in [0, 0.05) is 16.5 Å². The first-order valence-corrected chi connectivity index (χ1v) is 9.26. The van der Waals surface area contributed by atoms with Crippen LogP contribution in [0.5, 0.6) is 17.4 Å². The van der Waals surface area contributed by atoms with Gasteiger partial charge in [-0.05, 0) is 30.3 Å². The van der Waals surface area contributed by atoms with Crippen molar-refractivity contribution >= 4 is 34.5 Å². The molecule has 0 spiro atoms. The van der Waals surface area contributed by atoms with Crippen molar-refractivity contribution in [1.29, 1.82) is 0 Å². The van der Waals surface area contributed by atoms with Crippen molar-refractivity contribution in [3.05, 3.63) is 62.9 Å². The molecule has 0 bridgehead atoms. The summed E-state index contributed by atoms with van der Waals surface area (Å²) in [6.07, 6.45) is 0. The first-order valence-electron chi connectivity index (χ1n) is 8.07. The first-order chi connectivity index (χ1) is 12.7. The lowest BCUT2D eigenvalue weighted by Gasteiger charge is -2.22. The normalized spacial score (nSPS) is 16.9. The number of amides is 1. The molecule has 1 aromatic carbocycles. The molecular weight excluding hydrogens is 372 g/mol. The van der Waals surface area contributed by atoms with E-state index in [4.69, 9.17) is 21.1 Å². The molecule has 7 heteroatoms. The number of rotatable bonds is 3. The van der Waals surface area contributed by atoms with Gasteiger partial charge in [-0.25, -0.2) is 4.98 Å². The summed E-state index contributed by atoms with van der Waals surface area (Å²) in [5.41, 5.74) is 2.33. The number of aromatic nitrogens is 1. The van der Waals surface area contributed by atoms with Crippen LogP contribution >= 0.6 is 22.9 Å². The number of pyridine rings is 1. The number of thiophene rings is 1. The Hall–Kier alpha value is -2.57. The van der Waals surface area contributed by atoms with Crippen LogP contribution in [0.3, 0.4) is 0 Å². The third kappa shape index (κ3) is 2.22. The number of fused-ring (bicyclic) bond motifs is 2. The number of benzene rings is 1. The van der Waals surface area contributed by atoms with Gasteiger partial charge in [0.05, 0.1) is 23.7 Å². The van der Waals surface area contributed by atoms with Gasteiger partial charge in [-0.2, -0.15) is 0 Å². The van der Waals surface area contributed by atoms with E-state index in [9.17, 15) is 4.79 Å². The van der Waals surface area contributed by atoms with Gasteiger partial charge in [0.15, 0.2) is 0 Å². The number of anilines is 1. The van der Waals surface area contributed by atoms with Gasteiger partial charge >= 0.3 is 0 Å². The number of nitrogens with zero attached hydrogens (tertiary/aromatic N) is 2. The van der Waals surface area contributed by atoms with E-state index in [1.54, 1.807) is 24.1 Å². The van der Waals surface area contributed by atoms with E-state index in [0.29, 0.717) is 34.0 Å². The zero-order valence-corrected chi connectivity index (χ0v) is 15.3. The lowest BCUT2D eigenvalue weighted by molar-refractivity contribution is -0.118. The Balaban J connectivity index is 1.64. The summed E-state index contributed by atoms with van der Waals surface area (Å²) in [7, 11) is 1.56. The van der Waals surface area contributed by atoms with Crippen molar-refractivity contribution in [2.24, 2.45) is 0 Å². The Morgan fingerprint density at radius 2 is 2.12 bits per heavy atom. The molecule has 4 heterocycles. The Morgan fingerprint density at radius 1 is 1.23 bits per heavy atom. The molecule has 5 rings (SSSR count). The summed E-state index contributed by atoms with van der Waals surface area (Å²) < 4.78 is 11.9. The number of methoxy groups -OCH3 is 1. The van der Waals surface area contributed by atoms with E-state index >= 15 is 0 Å². The maximum Gasteiger partial charge on any atom is 0.241 e. The monoisotopic (exact) mass is 384 g/mol. The molecule has 130 valence electrons. The molecule has 0 fully saturated rings. The minimum atomic E-state index is -0.476. The summed E-state index contributed by atoms with van der Waals surface area (Å²) in [6.45, 7) is 0.475. The quantitative estimate of drug-likeness (QED) is 0.662. The molecule has 2 aliphatic rings. The van der Waals surface area contributed by atoms with Crippen molar-refractivity contribution in [2.45, 2.75) is 12.5 Å². The van der Waals surface area contributed by atoms with Crippen LogP contribution in [0.2, 0.25) is 4.34 Å². The number of carbonyl (C=O) groups excluding carboxylic acids is 1. The van der Waals surface area contributed by atoms with E-state index in [-0.39, 0.29) is 5.91 Å². The average molecular weight is 385 g/mol. The fourth-order valence-corrected chi connectivity index (χ4v) is 4.60. The van der Waals surface area contributed by atoms with Gasteiger partial charge in [0.1, 0.15) is 23.1 Å². The van der Waals surface area contributed by atoms with Crippen molar-refractivity contribution in [3.63, 3.8) is 0 Å². The largest absolute Gasteiger partial charge is 0.481 e. The van der Waals surface area contributed by atoms with Gasteiger partial charge in [0.2, 0.25) is 11.8 Å². The number of hydrogen-bond donors (Lipinski definition) is 0. The first kappa shape index (κ1) is 15.7. The molecule has 3 aromatic rings. The molecule has 1 atom stereocenters. The Morgan fingerprint density at radius 3 is 2.88 bits per heavy atom. The highest BCUT2D eigenvalue weighted by Gasteiger charge is 2.45. The standard InChI is InChI=1S/C19H13ClN2O3S/c1-24-15-8-6-13-18(21-15)17-16-11(3-2-4-12(16)25-13)22(19(17)23)9-10-5-7-14(20)26-10/h2-8,17H,9H2,1H3. The number of hydrogen-bond acceptors (Lipinski definition) is 5. The average Bonchev–Trinajstić information content (AvgIpc) is 3.19. The Labute approximate surface area is 158 Å². The van der Waals surface area contributed by atoms with Gasteiger partial charge in [0.25, 0.3) is 0 Å². The van der Waals surface area contributed by atoms with Crippen LogP contribution in [0.15, 0.2) is 42.5 Å². The van der Waals surface area contributed by atoms with E-state index in [1.165, 1.54) is 11.3 Å². The van der Waals surface area contributed by atoms with Crippen LogP contribution in [0.4, 0.5) is 5.69 Å². The summed E-state index contributed by atoms with van der Waals surface area (Å²) in [5.74, 6) is 1.27. The lowest BCUT2D eigenvalue weighted by Crippen LogP contribution is -2.29. The molecule has 1 unspecified atom stereocenters. The summed E-state index contributed by atoms with van der Waals surface area (Å²) in [5, 5.41) is 0. The van der Waals surface area contributed by atoms with E-state index in [2.05, 4.69) is 4.98 Å².